The quantitative estimate of drug-likeness (QED) is 0.438. The van der Waals surface area contributed by atoms with Crippen LogP contribution in [0.1, 0.15) is 18.9 Å². The highest BCUT2D eigenvalue weighted by molar-refractivity contribution is 6.01. The molecule has 0 unspecified atom stereocenters. The molecule has 164 valence electrons. The van der Waals surface area contributed by atoms with Crippen LogP contribution in [0.5, 0.6) is 0 Å². The van der Waals surface area contributed by atoms with Crippen molar-refractivity contribution in [1.82, 2.24) is 34.2 Å². The second kappa shape index (κ2) is 7.68. The number of aromatic nitrogens is 6. The molecule has 2 N–H and O–H groups in total. The minimum absolute atomic E-state index is 0.237. The number of hydrogen-bond acceptors (Lipinski definition) is 7. The number of likely N-dealkylation sites (tertiary alicyclic amines) is 1. The number of H-pyrrole nitrogens is 1. The molecule has 5 heterocycles. The Morgan fingerprint density at radius 2 is 2.00 bits per heavy atom. The highest BCUT2D eigenvalue weighted by Crippen LogP contribution is 2.28. The lowest BCUT2D eigenvalue weighted by Crippen LogP contribution is -2.43. The lowest BCUT2D eigenvalue weighted by Gasteiger charge is -2.33. The number of fused-ring (bicyclic) bond motifs is 3. The molecule has 0 atom stereocenters. The lowest BCUT2D eigenvalue weighted by atomic mass is 10.0. The third-order valence-corrected chi connectivity index (χ3v) is 5.93. The number of hydrogen-bond donors (Lipinski definition) is 2. The zero-order valence-corrected chi connectivity index (χ0v) is 17.4. The smallest absolute Gasteiger partial charge is 0.329 e. The van der Waals surface area contributed by atoms with E-state index in [9.17, 15) is 14.4 Å². The van der Waals surface area contributed by atoms with E-state index in [1.807, 2.05) is 25.4 Å². The molecule has 32 heavy (non-hydrogen) atoms. The van der Waals surface area contributed by atoms with Crippen molar-refractivity contribution in [2.24, 2.45) is 7.05 Å². The molecule has 0 spiro atoms. The largest absolute Gasteiger partial charge is 0.387 e. The average molecular weight is 435 g/mol. The topological polar surface area (TPSA) is 139 Å². The number of pyridine rings is 2. The first-order chi connectivity index (χ1) is 15.5. The maximum absolute atomic E-state index is 13.0. The number of aliphatic hydroxyl groups is 1. The molecule has 1 saturated heterocycles. The van der Waals surface area contributed by atoms with Gasteiger partial charge in [-0.15, -0.1) is 0 Å². The number of carbonyl (C=O) groups excluding carboxylic acids is 1. The number of carbonyl (C=O) groups is 1. The number of nitrogens with zero attached hydrogens (tertiary/aromatic N) is 6. The highest BCUT2D eigenvalue weighted by atomic mass is 16.3. The number of aryl methyl sites for hydroxylation is 1. The van der Waals surface area contributed by atoms with Gasteiger partial charge in [0.15, 0.2) is 0 Å². The zero-order valence-electron chi connectivity index (χ0n) is 17.4. The van der Waals surface area contributed by atoms with E-state index in [0.29, 0.717) is 48.2 Å². The first-order valence-electron chi connectivity index (χ1n) is 10.3. The van der Waals surface area contributed by atoms with Crippen LogP contribution < -0.4 is 11.2 Å². The van der Waals surface area contributed by atoms with Crippen LogP contribution in [0.2, 0.25) is 0 Å². The van der Waals surface area contributed by atoms with Crippen molar-refractivity contribution in [3.8, 4) is 11.3 Å². The molecule has 0 bridgehead atoms. The molecule has 0 saturated carbocycles. The van der Waals surface area contributed by atoms with Gasteiger partial charge in [0.25, 0.3) is 5.56 Å². The maximum Gasteiger partial charge on any atom is 0.329 e. The molecule has 1 amide bonds. The summed E-state index contributed by atoms with van der Waals surface area (Å²) < 4.78 is 3.24. The van der Waals surface area contributed by atoms with Crippen molar-refractivity contribution in [2.45, 2.75) is 18.9 Å². The first kappa shape index (κ1) is 20.1. The van der Waals surface area contributed by atoms with Crippen molar-refractivity contribution in [3.05, 3.63) is 51.6 Å². The summed E-state index contributed by atoms with van der Waals surface area (Å²) in [5, 5.41) is 13.6. The predicted octanol–water partition coefficient (Wildman–Crippen LogP) is 0.189. The number of rotatable bonds is 3. The Morgan fingerprint density at radius 1 is 1.22 bits per heavy atom. The van der Waals surface area contributed by atoms with Crippen molar-refractivity contribution < 1.29 is 9.90 Å². The van der Waals surface area contributed by atoms with Gasteiger partial charge in [-0.05, 0) is 25.0 Å². The van der Waals surface area contributed by atoms with Gasteiger partial charge in [-0.2, -0.15) is 5.10 Å². The molecule has 4 aromatic heterocycles. The summed E-state index contributed by atoms with van der Waals surface area (Å²) in [6.07, 6.45) is 6.01. The fourth-order valence-electron chi connectivity index (χ4n) is 4.33. The minimum atomic E-state index is -0.538. The van der Waals surface area contributed by atoms with Gasteiger partial charge in [0.1, 0.15) is 12.1 Å². The van der Waals surface area contributed by atoms with Crippen LogP contribution in [0.3, 0.4) is 0 Å². The Bertz CT molecular complexity index is 1460. The van der Waals surface area contributed by atoms with E-state index in [0.717, 1.165) is 5.56 Å². The zero-order chi connectivity index (χ0) is 22.4. The van der Waals surface area contributed by atoms with Crippen LogP contribution in [0.25, 0.3) is 33.2 Å². The van der Waals surface area contributed by atoms with Crippen LogP contribution in [0.15, 0.2) is 40.3 Å². The summed E-state index contributed by atoms with van der Waals surface area (Å²) in [6.45, 7) is 0.284. The normalized spacial score (nSPS) is 15.0. The number of nitrogens with one attached hydrogen (secondary N) is 1. The van der Waals surface area contributed by atoms with E-state index < -0.39 is 17.9 Å². The van der Waals surface area contributed by atoms with Crippen molar-refractivity contribution >= 4 is 27.8 Å². The van der Waals surface area contributed by atoms with Gasteiger partial charge >= 0.3 is 5.69 Å². The number of aromatic amines is 1. The molecule has 1 aliphatic heterocycles. The van der Waals surface area contributed by atoms with Gasteiger partial charge < -0.3 is 10.0 Å². The van der Waals surface area contributed by atoms with E-state index >= 15 is 0 Å². The van der Waals surface area contributed by atoms with E-state index in [4.69, 9.17) is 10.1 Å². The summed E-state index contributed by atoms with van der Waals surface area (Å²) in [5.41, 5.74) is 1.88. The molecule has 0 radical (unpaired) electrons. The lowest BCUT2D eigenvalue weighted by molar-refractivity contribution is -0.135. The standard InChI is InChI=1S/C21H21N7O4/c1-26-10-12(8-23-26)15-2-3-16-18(24-15)19-14(9-22-16)20(31)25-21(32)28(19)13-4-6-27(7-5-13)17(30)11-29/h2-3,8-10,13,29H,4-7,11H2,1H3,(H,25,31,32). The molecule has 1 aliphatic rings. The SMILES string of the molecule is Cn1cc(-c2ccc3ncc4c(=O)[nH]c(=O)n(C5CCN(C(=O)CO)CC5)c4c3n2)cn1. The van der Waals surface area contributed by atoms with Crippen LogP contribution >= 0.6 is 0 Å². The third kappa shape index (κ3) is 3.26. The molecular formula is C21H21N7O4. The van der Waals surface area contributed by atoms with E-state index in [-0.39, 0.29) is 17.3 Å². The average Bonchev–Trinajstić information content (AvgIpc) is 3.24. The fraction of sp³-hybridized carbons (Fsp3) is 0.333. The monoisotopic (exact) mass is 435 g/mol. The summed E-state index contributed by atoms with van der Waals surface area (Å²) in [7, 11) is 1.81. The van der Waals surface area contributed by atoms with Crippen molar-refractivity contribution in [1.29, 1.82) is 0 Å². The maximum atomic E-state index is 13.0. The Hall–Kier alpha value is -3.86. The van der Waals surface area contributed by atoms with Crippen LogP contribution in [-0.2, 0) is 11.8 Å². The molecule has 5 rings (SSSR count). The summed E-state index contributed by atoms with van der Waals surface area (Å²) in [4.78, 5) is 50.4. The van der Waals surface area contributed by atoms with Crippen LogP contribution in [0.4, 0.5) is 0 Å². The van der Waals surface area contributed by atoms with Crippen molar-refractivity contribution in [2.75, 3.05) is 19.7 Å². The van der Waals surface area contributed by atoms with Crippen LogP contribution in [0, 0.1) is 0 Å². The number of aliphatic hydroxyl groups excluding tert-OH is 1. The molecule has 1 fully saturated rings. The van der Waals surface area contributed by atoms with Gasteiger partial charge in [0.05, 0.1) is 28.3 Å². The Kier molecular flexibility index (Phi) is 4.82. The van der Waals surface area contributed by atoms with Crippen LogP contribution in [-0.4, -0.2) is 64.9 Å². The van der Waals surface area contributed by atoms with Gasteiger partial charge in [-0.1, -0.05) is 0 Å². The number of piperidine rings is 1. The fourth-order valence-corrected chi connectivity index (χ4v) is 4.33. The second-order valence-electron chi connectivity index (χ2n) is 7.89. The molecule has 0 aromatic carbocycles. The summed E-state index contributed by atoms with van der Waals surface area (Å²) in [6, 6.07) is 3.40. The van der Waals surface area contributed by atoms with Crippen molar-refractivity contribution in [3.63, 3.8) is 0 Å². The van der Waals surface area contributed by atoms with Gasteiger partial charge in [-0.3, -0.25) is 28.8 Å². The summed E-state index contributed by atoms with van der Waals surface area (Å²) in [5.74, 6) is -0.334. The van der Waals surface area contributed by atoms with Gasteiger partial charge in [-0.25, -0.2) is 9.78 Å². The van der Waals surface area contributed by atoms with E-state index in [1.165, 1.54) is 6.20 Å². The van der Waals surface area contributed by atoms with E-state index in [1.54, 1.807) is 20.3 Å². The Morgan fingerprint density at radius 3 is 2.69 bits per heavy atom. The molecular weight excluding hydrogens is 414 g/mol. The van der Waals surface area contributed by atoms with Gasteiger partial charge in [0.2, 0.25) is 5.91 Å². The Labute approximate surface area is 180 Å². The third-order valence-electron chi connectivity index (χ3n) is 5.93. The summed E-state index contributed by atoms with van der Waals surface area (Å²) >= 11 is 0. The minimum Gasteiger partial charge on any atom is -0.387 e. The van der Waals surface area contributed by atoms with E-state index in [2.05, 4.69) is 15.1 Å². The molecule has 11 heteroatoms. The molecule has 11 nitrogen and oxygen atoms in total. The highest BCUT2D eigenvalue weighted by Gasteiger charge is 2.26. The number of amides is 1. The first-order valence-corrected chi connectivity index (χ1v) is 10.3. The van der Waals surface area contributed by atoms with Gasteiger partial charge in [0, 0.05) is 44.1 Å². The molecule has 0 aliphatic carbocycles. The second-order valence-corrected chi connectivity index (χ2v) is 7.89. The Balaban J connectivity index is 1.70. The predicted molar refractivity (Wildman–Crippen MR) is 116 cm³/mol. The molecule has 4 aromatic rings.